The number of thiazole rings is 1. The molecule has 1 fully saturated rings. The Morgan fingerprint density at radius 3 is 2.77 bits per heavy atom. The zero-order valence-corrected chi connectivity index (χ0v) is 16.8. The number of rotatable bonds is 7. The average molecular weight is 376 g/mol. The summed E-state index contributed by atoms with van der Waals surface area (Å²) in [7, 11) is 1.71. The molecule has 1 unspecified atom stereocenters. The standard InChI is InChI=1S/C20H29N3O2S/c1-15-10-17(4-5-20(15)25-3)12-23-8-7-22(13-18(23)6-9-24)14-19-11-21-16(2)26-19/h4-5,10-11,18,24H,6-9,12-14H2,1-3H3. The molecule has 26 heavy (non-hydrogen) atoms. The molecule has 3 rings (SSSR count). The van der Waals surface area contributed by atoms with Crippen LogP contribution in [0.3, 0.4) is 0 Å². The fourth-order valence-corrected chi connectivity index (χ4v) is 4.54. The number of aromatic nitrogens is 1. The number of piperazine rings is 1. The van der Waals surface area contributed by atoms with E-state index in [1.165, 1.54) is 16.0 Å². The second-order valence-electron chi connectivity index (χ2n) is 7.02. The van der Waals surface area contributed by atoms with E-state index in [-0.39, 0.29) is 6.61 Å². The lowest BCUT2D eigenvalue weighted by atomic mass is 10.1. The van der Waals surface area contributed by atoms with E-state index in [9.17, 15) is 5.11 Å². The summed E-state index contributed by atoms with van der Waals surface area (Å²) in [5, 5.41) is 10.6. The molecule has 0 bridgehead atoms. The Bertz CT molecular complexity index is 719. The van der Waals surface area contributed by atoms with Crippen molar-refractivity contribution in [3.63, 3.8) is 0 Å². The van der Waals surface area contributed by atoms with Gasteiger partial charge in [0.1, 0.15) is 5.75 Å². The third kappa shape index (κ3) is 4.82. The Morgan fingerprint density at radius 1 is 1.27 bits per heavy atom. The van der Waals surface area contributed by atoms with Gasteiger partial charge in [-0.1, -0.05) is 12.1 Å². The lowest BCUT2D eigenvalue weighted by Crippen LogP contribution is -2.52. The quantitative estimate of drug-likeness (QED) is 0.806. The van der Waals surface area contributed by atoms with Crippen molar-refractivity contribution in [2.24, 2.45) is 0 Å². The molecule has 142 valence electrons. The minimum atomic E-state index is 0.232. The van der Waals surface area contributed by atoms with Crippen LogP contribution in [0.2, 0.25) is 0 Å². The van der Waals surface area contributed by atoms with Crippen LogP contribution < -0.4 is 4.74 Å². The predicted octanol–water partition coefficient (Wildman–Crippen LogP) is 2.84. The first-order valence-corrected chi connectivity index (χ1v) is 10.0. The number of nitrogens with zero attached hydrogens (tertiary/aromatic N) is 3. The van der Waals surface area contributed by atoms with Gasteiger partial charge in [0.25, 0.3) is 0 Å². The number of aryl methyl sites for hydroxylation is 2. The molecule has 0 amide bonds. The third-order valence-electron chi connectivity index (χ3n) is 5.04. The summed E-state index contributed by atoms with van der Waals surface area (Å²) in [5.74, 6) is 0.935. The SMILES string of the molecule is COc1ccc(CN2CCN(Cc3cnc(C)s3)CC2CCO)cc1C. The minimum absolute atomic E-state index is 0.232. The molecule has 1 saturated heterocycles. The highest BCUT2D eigenvalue weighted by Crippen LogP contribution is 2.23. The van der Waals surface area contributed by atoms with E-state index in [0.717, 1.165) is 49.9 Å². The average Bonchev–Trinajstić information content (AvgIpc) is 3.02. The largest absolute Gasteiger partial charge is 0.496 e. The first-order valence-electron chi connectivity index (χ1n) is 9.21. The summed E-state index contributed by atoms with van der Waals surface area (Å²) in [6.07, 6.45) is 2.81. The second-order valence-corrected chi connectivity index (χ2v) is 8.34. The Kier molecular flexibility index (Phi) is 6.64. The lowest BCUT2D eigenvalue weighted by Gasteiger charge is -2.41. The van der Waals surface area contributed by atoms with Crippen LogP contribution in [0, 0.1) is 13.8 Å². The monoisotopic (exact) mass is 375 g/mol. The molecule has 2 heterocycles. The van der Waals surface area contributed by atoms with E-state index >= 15 is 0 Å². The van der Waals surface area contributed by atoms with E-state index in [4.69, 9.17) is 4.74 Å². The van der Waals surface area contributed by atoms with Crippen LogP contribution in [-0.4, -0.2) is 59.3 Å². The molecule has 1 aromatic heterocycles. The summed E-state index contributed by atoms with van der Waals surface area (Å²) in [6, 6.07) is 6.79. The molecule has 0 saturated carbocycles. The fourth-order valence-electron chi connectivity index (χ4n) is 3.70. The molecule has 1 aliphatic rings. The molecule has 6 heteroatoms. The third-order valence-corrected chi connectivity index (χ3v) is 5.94. The number of aliphatic hydroxyl groups is 1. The number of hydrogen-bond donors (Lipinski definition) is 1. The molecular formula is C20H29N3O2S. The summed E-state index contributed by atoms with van der Waals surface area (Å²) in [5.41, 5.74) is 2.47. The van der Waals surface area contributed by atoms with E-state index in [2.05, 4.69) is 40.8 Å². The van der Waals surface area contributed by atoms with Gasteiger partial charge in [-0.25, -0.2) is 4.98 Å². The highest BCUT2D eigenvalue weighted by atomic mass is 32.1. The summed E-state index contributed by atoms with van der Waals surface area (Å²) in [4.78, 5) is 10.7. The molecule has 1 aliphatic heterocycles. The van der Waals surface area contributed by atoms with Gasteiger partial charge in [0.2, 0.25) is 0 Å². The molecular weight excluding hydrogens is 346 g/mol. The smallest absolute Gasteiger partial charge is 0.121 e. The van der Waals surface area contributed by atoms with Gasteiger partial charge in [-0.05, 0) is 37.5 Å². The van der Waals surface area contributed by atoms with Crippen molar-refractivity contribution in [3.8, 4) is 5.75 Å². The van der Waals surface area contributed by atoms with Gasteiger partial charge in [-0.3, -0.25) is 9.80 Å². The van der Waals surface area contributed by atoms with Gasteiger partial charge in [0.05, 0.1) is 12.1 Å². The fraction of sp³-hybridized carbons (Fsp3) is 0.550. The molecule has 1 atom stereocenters. The topological polar surface area (TPSA) is 48.8 Å². The first-order chi connectivity index (χ1) is 12.6. The molecule has 2 aromatic rings. The summed E-state index contributed by atoms with van der Waals surface area (Å²) >= 11 is 1.78. The Labute approximate surface area is 160 Å². The Morgan fingerprint density at radius 2 is 2.12 bits per heavy atom. The summed E-state index contributed by atoms with van der Waals surface area (Å²) in [6.45, 7) is 9.32. The highest BCUT2D eigenvalue weighted by molar-refractivity contribution is 7.11. The van der Waals surface area contributed by atoms with Gasteiger partial charge in [0, 0.05) is 56.4 Å². The van der Waals surface area contributed by atoms with Crippen molar-refractivity contribution in [1.29, 1.82) is 0 Å². The van der Waals surface area contributed by atoms with Crippen molar-refractivity contribution < 1.29 is 9.84 Å². The van der Waals surface area contributed by atoms with Crippen LogP contribution in [0.5, 0.6) is 5.75 Å². The van der Waals surface area contributed by atoms with Crippen molar-refractivity contribution in [2.75, 3.05) is 33.4 Å². The van der Waals surface area contributed by atoms with Gasteiger partial charge in [-0.2, -0.15) is 0 Å². The molecule has 1 N–H and O–H groups in total. The van der Waals surface area contributed by atoms with Gasteiger partial charge in [-0.15, -0.1) is 11.3 Å². The number of benzene rings is 1. The van der Waals surface area contributed by atoms with Crippen molar-refractivity contribution in [1.82, 2.24) is 14.8 Å². The van der Waals surface area contributed by atoms with Crippen LogP contribution in [-0.2, 0) is 13.1 Å². The zero-order valence-electron chi connectivity index (χ0n) is 15.9. The van der Waals surface area contributed by atoms with Crippen LogP contribution in [0.25, 0.3) is 0 Å². The van der Waals surface area contributed by atoms with Crippen LogP contribution in [0.1, 0.15) is 27.4 Å². The van der Waals surface area contributed by atoms with Crippen LogP contribution >= 0.6 is 11.3 Å². The number of ether oxygens (including phenoxy) is 1. The lowest BCUT2D eigenvalue weighted by molar-refractivity contribution is 0.0504. The number of methoxy groups -OCH3 is 1. The van der Waals surface area contributed by atoms with Gasteiger partial charge < -0.3 is 9.84 Å². The van der Waals surface area contributed by atoms with Crippen molar-refractivity contribution in [3.05, 3.63) is 45.4 Å². The Hall–Kier alpha value is -1.47. The highest BCUT2D eigenvalue weighted by Gasteiger charge is 2.27. The maximum Gasteiger partial charge on any atom is 0.121 e. The first kappa shape index (κ1) is 19.3. The van der Waals surface area contributed by atoms with Gasteiger partial charge >= 0.3 is 0 Å². The maximum atomic E-state index is 9.52. The summed E-state index contributed by atoms with van der Waals surface area (Å²) < 4.78 is 5.36. The van der Waals surface area contributed by atoms with Crippen LogP contribution in [0.15, 0.2) is 24.4 Å². The van der Waals surface area contributed by atoms with E-state index in [1.54, 1.807) is 18.4 Å². The molecule has 1 aromatic carbocycles. The Balaban J connectivity index is 1.63. The number of hydrogen-bond acceptors (Lipinski definition) is 6. The molecule has 5 nitrogen and oxygen atoms in total. The predicted molar refractivity (Wildman–Crippen MR) is 106 cm³/mol. The van der Waals surface area contributed by atoms with Crippen molar-refractivity contribution >= 4 is 11.3 Å². The van der Waals surface area contributed by atoms with Gasteiger partial charge in [0.15, 0.2) is 0 Å². The van der Waals surface area contributed by atoms with Crippen molar-refractivity contribution in [2.45, 2.75) is 39.4 Å². The normalized spacial score (nSPS) is 19.0. The molecule has 0 spiro atoms. The van der Waals surface area contributed by atoms with Crippen LogP contribution in [0.4, 0.5) is 0 Å². The molecule has 0 radical (unpaired) electrons. The zero-order chi connectivity index (χ0) is 18.5. The van der Waals surface area contributed by atoms with E-state index in [0.29, 0.717) is 6.04 Å². The van der Waals surface area contributed by atoms with E-state index < -0.39 is 0 Å². The second kappa shape index (κ2) is 8.95. The number of aliphatic hydroxyl groups excluding tert-OH is 1. The molecule has 0 aliphatic carbocycles. The minimum Gasteiger partial charge on any atom is -0.496 e. The maximum absolute atomic E-state index is 9.52. The van der Waals surface area contributed by atoms with E-state index in [1.807, 2.05) is 12.3 Å².